The van der Waals surface area contributed by atoms with Gasteiger partial charge in [-0.3, -0.25) is 5.41 Å². The van der Waals surface area contributed by atoms with Gasteiger partial charge in [-0.05, 0) is 19.3 Å². The van der Waals surface area contributed by atoms with E-state index in [2.05, 4.69) is 0 Å². The number of aliphatic hydroxyl groups is 1. The van der Waals surface area contributed by atoms with Crippen LogP contribution >= 0.6 is 11.8 Å². The standard InChI is InChI=1S/C6H12N2OS/c7-6(8)10-5-3-1-2-4(5)9/h4-5,9H,1-3H2,(H3,7,8)/t4-,5+/m0/s1. The molecule has 1 aliphatic carbocycles. The number of hydrogen-bond acceptors (Lipinski definition) is 3. The van der Waals surface area contributed by atoms with Gasteiger partial charge in [-0.1, -0.05) is 11.8 Å². The molecule has 10 heavy (non-hydrogen) atoms. The highest BCUT2D eigenvalue weighted by atomic mass is 32.2. The van der Waals surface area contributed by atoms with Gasteiger partial charge in [0, 0.05) is 5.25 Å². The molecule has 0 aromatic rings. The van der Waals surface area contributed by atoms with Gasteiger partial charge in [0.25, 0.3) is 0 Å². The largest absolute Gasteiger partial charge is 0.392 e. The molecule has 1 saturated carbocycles. The number of amidine groups is 1. The maximum atomic E-state index is 9.26. The second-order valence-corrected chi connectivity index (χ2v) is 3.80. The van der Waals surface area contributed by atoms with Crippen LogP contribution in [0.4, 0.5) is 0 Å². The lowest BCUT2D eigenvalue weighted by Crippen LogP contribution is -2.19. The summed E-state index contributed by atoms with van der Waals surface area (Å²) in [5.41, 5.74) is 5.17. The summed E-state index contributed by atoms with van der Waals surface area (Å²) in [6.07, 6.45) is 2.68. The summed E-state index contributed by atoms with van der Waals surface area (Å²) in [4.78, 5) is 0. The van der Waals surface area contributed by atoms with Crippen LogP contribution in [-0.2, 0) is 0 Å². The monoisotopic (exact) mass is 160 g/mol. The van der Waals surface area contributed by atoms with E-state index in [9.17, 15) is 5.11 Å². The van der Waals surface area contributed by atoms with E-state index in [0.717, 1.165) is 19.3 Å². The molecule has 0 aromatic heterocycles. The van der Waals surface area contributed by atoms with Crippen molar-refractivity contribution >= 4 is 16.9 Å². The molecule has 0 aliphatic heterocycles. The van der Waals surface area contributed by atoms with Gasteiger partial charge in [0.2, 0.25) is 0 Å². The van der Waals surface area contributed by atoms with Crippen LogP contribution in [-0.4, -0.2) is 21.6 Å². The van der Waals surface area contributed by atoms with E-state index in [1.165, 1.54) is 11.8 Å². The molecule has 1 fully saturated rings. The van der Waals surface area contributed by atoms with E-state index >= 15 is 0 Å². The molecular formula is C6H12N2OS. The van der Waals surface area contributed by atoms with Crippen LogP contribution in [0.15, 0.2) is 0 Å². The molecule has 0 heterocycles. The average molecular weight is 160 g/mol. The van der Waals surface area contributed by atoms with Crippen molar-refractivity contribution in [3.63, 3.8) is 0 Å². The number of aliphatic hydroxyl groups excluding tert-OH is 1. The van der Waals surface area contributed by atoms with Crippen LogP contribution in [0.25, 0.3) is 0 Å². The van der Waals surface area contributed by atoms with Gasteiger partial charge in [-0.15, -0.1) is 0 Å². The molecule has 58 valence electrons. The first-order valence-corrected chi connectivity index (χ1v) is 4.27. The summed E-state index contributed by atoms with van der Waals surface area (Å²) >= 11 is 1.28. The molecule has 0 bridgehead atoms. The van der Waals surface area contributed by atoms with Gasteiger partial charge in [0.1, 0.15) is 0 Å². The van der Waals surface area contributed by atoms with E-state index in [0.29, 0.717) is 0 Å². The third-order valence-corrected chi connectivity index (χ3v) is 2.80. The molecule has 4 N–H and O–H groups in total. The Hall–Kier alpha value is -0.220. The van der Waals surface area contributed by atoms with Crippen molar-refractivity contribution in [1.82, 2.24) is 0 Å². The fourth-order valence-electron chi connectivity index (χ4n) is 1.21. The van der Waals surface area contributed by atoms with Gasteiger partial charge in [-0.2, -0.15) is 0 Å². The predicted octanol–water partition coefficient (Wildman–Crippen LogP) is 0.526. The Kier molecular flexibility index (Phi) is 2.56. The molecule has 1 rings (SSSR count). The maximum absolute atomic E-state index is 9.26. The summed E-state index contributed by atoms with van der Waals surface area (Å²) in [7, 11) is 0. The molecular weight excluding hydrogens is 148 g/mol. The van der Waals surface area contributed by atoms with E-state index in [1.807, 2.05) is 0 Å². The van der Waals surface area contributed by atoms with Crippen LogP contribution in [0.2, 0.25) is 0 Å². The number of nitrogens with two attached hydrogens (primary N) is 1. The Morgan fingerprint density at radius 3 is 2.70 bits per heavy atom. The van der Waals surface area contributed by atoms with Gasteiger partial charge in [0.15, 0.2) is 5.17 Å². The lowest BCUT2D eigenvalue weighted by atomic mass is 10.3. The molecule has 0 radical (unpaired) electrons. The van der Waals surface area contributed by atoms with Crippen LogP contribution in [0.1, 0.15) is 19.3 Å². The predicted molar refractivity (Wildman–Crippen MR) is 43.2 cm³/mol. The van der Waals surface area contributed by atoms with Crippen LogP contribution in [0, 0.1) is 5.41 Å². The second kappa shape index (κ2) is 3.25. The Labute approximate surface area is 64.5 Å². The van der Waals surface area contributed by atoms with Crippen LogP contribution in [0.3, 0.4) is 0 Å². The van der Waals surface area contributed by atoms with Crippen LogP contribution < -0.4 is 5.73 Å². The zero-order chi connectivity index (χ0) is 7.56. The SMILES string of the molecule is N=C(N)S[C@@H]1CCC[C@@H]1O. The smallest absolute Gasteiger partial charge is 0.151 e. The summed E-state index contributed by atoms with van der Waals surface area (Å²) in [5.74, 6) is 0. The highest BCUT2D eigenvalue weighted by molar-refractivity contribution is 8.14. The highest BCUT2D eigenvalue weighted by Crippen LogP contribution is 2.29. The number of nitrogens with one attached hydrogen (secondary N) is 1. The van der Waals surface area contributed by atoms with Crippen LogP contribution in [0.5, 0.6) is 0 Å². The highest BCUT2D eigenvalue weighted by Gasteiger charge is 2.26. The van der Waals surface area contributed by atoms with Crippen molar-refractivity contribution in [3.8, 4) is 0 Å². The van der Waals surface area contributed by atoms with Crippen molar-refractivity contribution in [2.75, 3.05) is 0 Å². The van der Waals surface area contributed by atoms with Gasteiger partial charge in [-0.25, -0.2) is 0 Å². The third-order valence-electron chi connectivity index (χ3n) is 1.70. The van der Waals surface area contributed by atoms with Crippen molar-refractivity contribution in [1.29, 1.82) is 5.41 Å². The zero-order valence-corrected chi connectivity index (χ0v) is 6.53. The summed E-state index contributed by atoms with van der Waals surface area (Å²) in [6, 6.07) is 0. The Balaban J connectivity index is 2.33. The lowest BCUT2D eigenvalue weighted by Gasteiger charge is -2.11. The molecule has 2 atom stereocenters. The first-order chi connectivity index (χ1) is 4.70. The Bertz CT molecular complexity index is 140. The minimum absolute atomic E-state index is 0.117. The van der Waals surface area contributed by atoms with Crippen molar-refractivity contribution in [2.24, 2.45) is 5.73 Å². The first kappa shape index (κ1) is 7.88. The van der Waals surface area contributed by atoms with E-state index in [1.54, 1.807) is 0 Å². The molecule has 4 heteroatoms. The number of rotatable bonds is 1. The third kappa shape index (κ3) is 1.88. The molecule has 0 saturated heterocycles. The molecule has 0 aromatic carbocycles. The second-order valence-electron chi connectivity index (χ2n) is 2.52. The lowest BCUT2D eigenvalue weighted by molar-refractivity contribution is 0.188. The molecule has 1 aliphatic rings. The molecule has 0 amide bonds. The minimum Gasteiger partial charge on any atom is -0.392 e. The van der Waals surface area contributed by atoms with Crippen molar-refractivity contribution in [2.45, 2.75) is 30.6 Å². The van der Waals surface area contributed by atoms with Crippen molar-refractivity contribution in [3.05, 3.63) is 0 Å². The van der Waals surface area contributed by atoms with Gasteiger partial charge in [0.05, 0.1) is 6.10 Å². The van der Waals surface area contributed by atoms with E-state index < -0.39 is 0 Å². The fraction of sp³-hybridized carbons (Fsp3) is 0.833. The molecule has 0 unspecified atom stereocenters. The maximum Gasteiger partial charge on any atom is 0.151 e. The molecule has 0 spiro atoms. The average Bonchev–Trinajstić information content (AvgIpc) is 2.15. The minimum atomic E-state index is -0.242. The topological polar surface area (TPSA) is 70.1 Å². The summed E-state index contributed by atoms with van der Waals surface area (Å²) in [6.45, 7) is 0. The summed E-state index contributed by atoms with van der Waals surface area (Å²) < 4.78 is 0. The Morgan fingerprint density at radius 2 is 2.30 bits per heavy atom. The normalized spacial score (nSPS) is 32.5. The van der Waals surface area contributed by atoms with E-state index in [4.69, 9.17) is 11.1 Å². The zero-order valence-electron chi connectivity index (χ0n) is 5.71. The van der Waals surface area contributed by atoms with Gasteiger partial charge < -0.3 is 10.8 Å². The number of hydrogen-bond donors (Lipinski definition) is 3. The number of thioether (sulfide) groups is 1. The molecule has 3 nitrogen and oxygen atoms in total. The van der Waals surface area contributed by atoms with Crippen molar-refractivity contribution < 1.29 is 5.11 Å². The fourth-order valence-corrected chi connectivity index (χ4v) is 2.11. The van der Waals surface area contributed by atoms with E-state index in [-0.39, 0.29) is 16.5 Å². The Morgan fingerprint density at radius 1 is 1.60 bits per heavy atom. The quantitative estimate of drug-likeness (QED) is 0.387. The first-order valence-electron chi connectivity index (χ1n) is 3.39. The van der Waals surface area contributed by atoms with Gasteiger partial charge >= 0.3 is 0 Å². The summed E-state index contributed by atoms with van der Waals surface area (Å²) in [5, 5.41) is 16.5.